The van der Waals surface area contributed by atoms with E-state index in [0.717, 1.165) is 22.3 Å². The molecule has 1 atom stereocenters. The van der Waals surface area contributed by atoms with Crippen LogP contribution < -0.4 is 5.32 Å². The number of hydrogen-bond acceptors (Lipinski definition) is 2. The van der Waals surface area contributed by atoms with Crippen LogP contribution in [0.2, 0.25) is 0 Å². The van der Waals surface area contributed by atoms with Crippen LogP contribution in [0.15, 0.2) is 22.7 Å². The summed E-state index contributed by atoms with van der Waals surface area (Å²) in [6.07, 6.45) is 2.08. The Labute approximate surface area is 103 Å². The zero-order valence-corrected chi connectivity index (χ0v) is 11.3. The number of rotatable bonds is 5. The Morgan fingerprint density at radius 3 is 2.87 bits per heavy atom. The predicted molar refractivity (Wildman–Crippen MR) is 68.9 cm³/mol. The minimum absolute atomic E-state index is 0.207. The fourth-order valence-electron chi connectivity index (χ4n) is 1.34. The second kappa shape index (κ2) is 6.51. The third-order valence-corrected chi connectivity index (χ3v) is 3.48. The third kappa shape index (κ3) is 4.13. The Balaban J connectivity index is 2.61. The monoisotopic (exact) mass is 291 g/mol. The second-order valence-corrected chi connectivity index (χ2v) is 5.17. The fraction of sp³-hybridized carbons (Fsp3) is 0.455. The molecular formula is C11H15BrFNS. The highest BCUT2D eigenvalue weighted by atomic mass is 79.9. The van der Waals surface area contributed by atoms with Crippen LogP contribution in [0.3, 0.4) is 0 Å². The molecule has 0 heterocycles. The average Bonchev–Trinajstić information content (AvgIpc) is 2.17. The van der Waals surface area contributed by atoms with E-state index in [1.54, 1.807) is 0 Å². The van der Waals surface area contributed by atoms with Crippen LogP contribution in [0, 0.1) is 5.82 Å². The molecule has 1 aromatic carbocycles. The van der Waals surface area contributed by atoms with Gasteiger partial charge in [-0.15, -0.1) is 0 Å². The highest BCUT2D eigenvalue weighted by Crippen LogP contribution is 2.23. The Kier molecular flexibility index (Phi) is 5.64. The van der Waals surface area contributed by atoms with Crippen LogP contribution in [0.25, 0.3) is 0 Å². The lowest BCUT2D eigenvalue weighted by Gasteiger charge is -2.15. The molecule has 4 heteroatoms. The summed E-state index contributed by atoms with van der Waals surface area (Å²) in [4.78, 5) is 0. The summed E-state index contributed by atoms with van der Waals surface area (Å²) >= 11 is 5.18. The van der Waals surface area contributed by atoms with Crippen molar-refractivity contribution in [2.75, 3.05) is 18.6 Å². The number of thioether (sulfide) groups is 1. The lowest BCUT2D eigenvalue weighted by atomic mass is 10.1. The Morgan fingerprint density at radius 2 is 2.27 bits per heavy atom. The summed E-state index contributed by atoms with van der Waals surface area (Å²) in [7, 11) is 0. The first-order valence-corrected chi connectivity index (χ1v) is 7.01. The van der Waals surface area contributed by atoms with Crippen LogP contribution in [0.5, 0.6) is 0 Å². The molecule has 15 heavy (non-hydrogen) atoms. The Morgan fingerprint density at radius 1 is 1.53 bits per heavy atom. The lowest BCUT2D eigenvalue weighted by Crippen LogP contribution is -2.21. The van der Waals surface area contributed by atoms with E-state index in [0.29, 0.717) is 0 Å². The van der Waals surface area contributed by atoms with E-state index in [1.807, 2.05) is 17.8 Å². The summed E-state index contributed by atoms with van der Waals surface area (Å²) in [5.41, 5.74) is 1.09. The number of halogens is 2. The first-order valence-electron chi connectivity index (χ1n) is 4.82. The van der Waals surface area contributed by atoms with E-state index in [1.165, 1.54) is 12.1 Å². The standard InChI is InChI=1S/C11H15BrFNS/c1-8(14-5-6-15-2)10-4-3-9(13)7-11(10)12/h3-4,7-8,14H,5-6H2,1-2H3. The van der Waals surface area contributed by atoms with Gasteiger partial charge in [0.05, 0.1) is 0 Å². The molecule has 0 aliphatic heterocycles. The molecule has 0 aliphatic rings. The molecule has 1 unspecified atom stereocenters. The molecule has 0 bridgehead atoms. The normalized spacial score (nSPS) is 12.8. The summed E-state index contributed by atoms with van der Waals surface area (Å²) in [6.45, 7) is 3.05. The smallest absolute Gasteiger partial charge is 0.124 e. The van der Waals surface area contributed by atoms with Gasteiger partial charge in [-0.3, -0.25) is 0 Å². The Hall–Kier alpha value is -0.0600. The number of benzene rings is 1. The van der Waals surface area contributed by atoms with Crippen molar-refractivity contribution in [1.82, 2.24) is 5.32 Å². The maximum Gasteiger partial charge on any atom is 0.124 e. The van der Waals surface area contributed by atoms with Crippen molar-refractivity contribution in [3.05, 3.63) is 34.1 Å². The predicted octanol–water partition coefficient (Wildman–Crippen LogP) is 3.60. The van der Waals surface area contributed by atoms with Crippen molar-refractivity contribution in [1.29, 1.82) is 0 Å². The Bertz CT molecular complexity index is 319. The second-order valence-electron chi connectivity index (χ2n) is 3.33. The van der Waals surface area contributed by atoms with Crippen LogP contribution in [-0.4, -0.2) is 18.6 Å². The fourth-order valence-corrected chi connectivity index (χ4v) is 2.36. The van der Waals surface area contributed by atoms with Crippen LogP contribution in [0.4, 0.5) is 4.39 Å². The molecule has 1 nitrogen and oxygen atoms in total. The number of hydrogen-bond donors (Lipinski definition) is 1. The summed E-state index contributed by atoms with van der Waals surface area (Å²) in [5, 5.41) is 3.39. The van der Waals surface area contributed by atoms with Gasteiger partial charge in [0.25, 0.3) is 0 Å². The van der Waals surface area contributed by atoms with Gasteiger partial charge in [0.1, 0.15) is 5.82 Å². The molecule has 1 aromatic rings. The first-order chi connectivity index (χ1) is 7.15. The van der Waals surface area contributed by atoms with Gasteiger partial charge in [-0.1, -0.05) is 22.0 Å². The first kappa shape index (κ1) is 13.0. The average molecular weight is 292 g/mol. The van der Waals surface area contributed by atoms with Crippen molar-refractivity contribution in [2.24, 2.45) is 0 Å². The minimum atomic E-state index is -0.207. The van der Waals surface area contributed by atoms with Gasteiger partial charge in [0.15, 0.2) is 0 Å². The largest absolute Gasteiger partial charge is 0.309 e. The highest BCUT2D eigenvalue weighted by molar-refractivity contribution is 9.10. The van der Waals surface area contributed by atoms with E-state index >= 15 is 0 Å². The van der Waals surface area contributed by atoms with Crippen LogP contribution in [-0.2, 0) is 0 Å². The molecule has 1 rings (SSSR count). The SMILES string of the molecule is CSCCNC(C)c1ccc(F)cc1Br. The zero-order chi connectivity index (χ0) is 11.3. The van der Waals surface area contributed by atoms with Crippen LogP contribution in [0.1, 0.15) is 18.5 Å². The molecule has 0 saturated heterocycles. The van der Waals surface area contributed by atoms with E-state index in [2.05, 4.69) is 34.4 Å². The van der Waals surface area contributed by atoms with E-state index in [9.17, 15) is 4.39 Å². The van der Waals surface area contributed by atoms with Gasteiger partial charge >= 0.3 is 0 Å². The third-order valence-electron chi connectivity index (χ3n) is 2.19. The van der Waals surface area contributed by atoms with E-state index < -0.39 is 0 Å². The molecule has 0 saturated carbocycles. The number of nitrogens with one attached hydrogen (secondary N) is 1. The van der Waals surface area contributed by atoms with Gasteiger partial charge in [-0.25, -0.2) is 4.39 Å². The minimum Gasteiger partial charge on any atom is -0.309 e. The topological polar surface area (TPSA) is 12.0 Å². The van der Waals surface area contributed by atoms with Crippen molar-refractivity contribution < 1.29 is 4.39 Å². The molecule has 0 fully saturated rings. The quantitative estimate of drug-likeness (QED) is 0.832. The van der Waals surface area contributed by atoms with Crippen molar-refractivity contribution >= 4 is 27.7 Å². The maximum atomic E-state index is 12.9. The summed E-state index contributed by atoms with van der Waals surface area (Å²) in [6, 6.07) is 5.05. The maximum absolute atomic E-state index is 12.9. The van der Waals surface area contributed by atoms with Crippen molar-refractivity contribution in [2.45, 2.75) is 13.0 Å². The molecular weight excluding hydrogens is 277 g/mol. The van der Waals surface area contributed by atoms with E-state index in [4.69, 9.17) is 0 Å². The molecule has 0 spiro atoms. The van der Waals surface area contributed by atoms with Crippen LogP contribution >= 0.6 is 27.7 Å². The molecule has 0 aliphatic carbocycles. The molecule has 0 amide bonds. The molecule has 0 aromatic heterocycles. The van der Waals surface area contributed by atoms with Crippen molar-refractivity contribution in [3.8, 4) is 0 Å². The molecule has 84 valence electrons. The molecule has 1 N–H and O–H groups in total. The van der Waals surface area contributed by atoms with Gasteiger partial charge in [0, 0.05) is 22.8 Å². The van der Waals surface area contributed by atoms with Gasteiger partial charge in [-0.05, 0) is 30.9 Å². The zero-order valence-electron chi connectivity index (χ0n) is 8.89. The van der Waals surface area contributed by atoms with Gasteiger partial charge in [0.2, 0.25) is 0 Å². The summed E-state index contributed by atoms with van der Waals surface area (Å²) < 4.78 is 13.7. The summed E-state index contributed by atoms with van der Waals surface area (Å²) in [5.74, 6) is 0.880. The van der Waals surface area contributed by atoms with Gasteiger partial charge < -0.3 is 5.32 Å². The van der Waals surface area contributed by atoms with Crippen molar-refractivity contribution in [3.63, 3.8) is 0 Å². The van der Waals surface area contributed by atoms with Gasteiger partial charge in [-0.2, -0.15) is 11.8 Å². The highest BCUT2D eigenvalue weighted by Gasteiger charge is 2.08. The lowest BCUT2D eigenvalue weighted by molar-refractivity contribution is 0.591. The molecule has 0 radical (unpaired) electrons. The van der Waals surface area contributed by atoms with E-state index in [-0.39, 0.29) is 11.9 Å².